The molecular formula is C19H26N6O2. The second-order valence-corrected chi connectivity index (χ2v) is 7.37. The molecule has 1 aromatic carbocycles. The molecule has 144 valence electrons. The molecule has 1 amide bonds. The molecule has 1 aromatic heterocycles. The van der Waals surface area contributed by atoms with E-state index in [0.29, 0.717) is 6.54 Å². The van der Waals surface area contributed by atoms with Gasteiger partial charge < -0.3 is 9.64 Å². The highest BCUT2D eigenvalue weighted by molar-refractivity contribution is 5.99. The summed E-state index contributed by atoms with van der Waals surface area (Å²) in [5.41, 5.74) is 1.75. The Bertz CT molecular complexity index is 799. The first-order valence-electron chi connectivity index (χ1n) is 9.64. The van der Waals surface area contributed by atoms with Gasteiger partial charge in [0, 0.05) is 31.7 Å². The highest BCUT2D eigenvalue weighted by Gasteiger charge is 2.40. The molecule has 2 aromatic rings. The molecule has 8 heteroatoms. The number of hydrogen-bond donors (Lipinski definition) is 0. The molecule has 1 unspecified atom stereocenters. The molecule has 4 rings (SSSR count). The SMILES string of the molecule is CC(C)n1nnnc1C1c2ccccc2C(=O)N1CCCN1CCOCC1. The van der Waals surface area contributed by atoms with Crippen molar-refractivity contribution in [3.05, 3.63) is 41.2 Å². The molecule has 1 atom stereocenters. The molecule has 1 fully saturated rings. The van der Waals surface area contributed by atoms with E-state index in [1.165, 1.54) is 0 Å². The average molecular weight is 370 g/mol. The molecule has 0 saturated carbocycles. The highest BCUT2D eigenvalue weighted by atomic mass is 16.5. The van der Waals surface area contributed by atoms with E-state index in [-0.39, 0.29) is 18.0 Å². The predicted molar refractivity (Wildman–Crippen MR) is 99.4 cm³/mol. The summed E-state index contributed by atoms with van der Waals surface area (Å²) in [6.45, 7) is 9.24. The van der Waals surface area contributed by atoms with Gasteiger partial charge in [0.25, 0.3) is 5.91 Å². The maximum absolute atomic E-state index is 13.1. The number of morpholine rings is 1. The molecule has 0 spiro atoms. The van der Waals surface area contributed by atoms with Crippen LogP contribution in [-0.2, 0) is 4.74 Å². The van der Waals surface area contributed by atoms with Crippen molar-refractivity contribution in [1.82, 2.24) is 30.0 Å². The average Bonchev–Trinajstić information content (AvgIpc) is 3.27. The number of amides is 1. The maximum Gasteiger partial charge on any atom is 0.255 e. The topological polar surface area (TPSA) is 76.4 Å². The van der Waals surface area contributed by atoms with Gasteiger partial charge in [-0.3, -0.25) is 9.69 Å². The van der Waals surface area contributed by atoms with E-state index in [1.807, 2.05) is 47.7 Å². The number of hydrogen-bond acceptors (Lipinski definition) is 6. The minimum atomic E-state index is -0.226. The van der Waals surface area contributed by atoms with Crippen molar-refractivity contribution in [3.63, 3.8) is 0 Å². The molecular weight excluding hydrogens is 344 g/mol. The predicted octanol–water partition coefficient (Wildman–Crippen LogP) is 1.52. The third-order valence-corrected chi connectivity index (χ3v) is 5.29. The standard InChI is InChI=1S/C19H26N6O2/c1-14(2)25-18(20-21-22-25)17-15-6-3-4-7-16(15)19(26)24(17)9-5-8-23-10-12-27-13-11-23/h3-4,6-7,14,17H,5,8-13H2,1-2H3. The second kappa shape index (κ2) is 7.74. The zero-order valence-corrected chi connectivity index (χ0v) is 15.9. The number of benzene rings is 1. The van der Waals surface area contributed by atoms with Crippen molar-refractivity contribution in [1.29, 1.82) is 0 Å². The van der Waals surface area contributed by atoms with E-state index in [0.717, 1.165) is 56.2 Å². The van der Waals surface area contributed by atoms with E-state index in [9.17, 15) is 4.79 Å². The largest absolute Gasteiger partial charge is 0.379 e. The lowest BCUT2D eigenvalue weighted by atomic mass is 10.0. The van der Waals surface area contributed by atoms with E-state index in [4.69, 9.17) is 4.74 Å². The number of fused-ring (bicyclic) bond motifs is 1. The molecule has 0 bridgehead atoms. The van der Waals surface area contributed by atoms with Crippen molar-refractivity contribution >= 4 is 5.91 Å². The smallest absolute Gasteiger partial charge is 0.255 e. The number of rotatable bonds is 6. The van der Waals surface area contributed by atoms with Crippen LogP contribution < -0.4 is 0 Å². The van der Waals surface area contributed by atoms with Crippen LogP contribution in [0.4, 0.5) is 0 Å². The first kappa shape index (κ1) is 18.1. The Kier molecular flexibility index (Phi) is 5.18. The fourth-order valence-electron chi connectivity index (χ4n) is 3.92. The Morgan fingerprint density at radius 2 is 1.96 bits per heavy atom. The number of aromatic nitrogens is 4. The second-order valence-electron chi connectivity index (χ2n) is 7.37. The first-order valence-corrected chi connectivity index (χ1v) is 9.64. The van der Waals surface area contributed by atoms with Gasteiger partial charge in [0.2, 0.25) is 0 Å². The van der Waals surface area contributed by atoms with Crippen LogP contribution in [0.25, 0.3) is 0 Å². The summed E-state index contributed by atoms with van der Waals surface area (Å²) < 4.78 is 7.22. The fraction of sp³-hybridized carbons (Fsp3) is 0.579. The van der Waals surface area contributed by atoms with Crippen molar-refractivity contribution in [2.45, 2.75) is 32.4 Å². The van der Waals surface area contributed by atoms with Crippen LogP contribution in [0, 0.1) is 0 Å². The van der Waals surface area contributed by atoms with E-state index >= 15 is 0 Å². The summed E-state index contributed by atoms with van der Waals surface area (Å²) in [5.74, 6) is 0.797. The van der Waals surface area contributed by atoms with Crippen molar-refractivity contribution < 1.29 is 9.53 Å². The summed E-state index contributed by atoms with van der Waals surface area (Å²) >= 11 is 0. The molecule has 0 aliphatic carbocycles. The lowest BCUT2D eigenvalue weighted by Gasteiger charge is -2.29. The third kappa shape index (κ3) is 3.46. The summed E-state index contributed by atoms with van der Waals surface area (Å²) in [7, 11) is 0. The van der Waals surface area contributed by atoms with Crippen LogP contribution in [0.5, 0.6) is 0 Å². The summed E-state index contributed by atoms with van der Waals surface area (Å²) in [5, 5.41) is 12.3. The van der Waals surface area contributed by atoms with Gasteiger partial charge in [-0.15, -0.1) is 5.10 Å². The van der Waals surface area contributed by atoms with Gasteiger partial charge in [-0.25, -0.2) is 4.68 Å². The Morgan fingerprint density at radius 1 is 1.19 bits per heavy atom. The van der Waals surface area contributed by atoms with Crippen molar-refractivity contribution in [2.75, 3.05) is 39.4 Å². The molecule has 3 heterocycles. The van der Waals surface area contributed by atoms with Crippen molar-refractivity contribution in [2.24, 2.45) is 0 Å². The highest BCUT2D eigenvalue weighted by Crippen LogP contribution is 2.37. The molecule has 27 heavy (non-hydrogen) atoms. The van der Waals surface area contributed by atoms with Crippen LogP contribution in [0.1, 0.15) is 54.1 Å². The molecule has 2 aliphatic heterocycles. The minimum absolute atomic E-state index is 0.0656. The summed E-state index contributed by atoms with van der Waals surface area (Å²) in [6, 6.07) is 7.70. The van der Waals surface area contributed by atoms with Gasteiger partial charge in [0.05, 0.1) is 19.3 Å². The Labute approximate surface area is 159 Å². The quantitative estimate of drug-likeness (QED) is 0.767. The number of ether oxygens (including phenoxy) is 1. The monoisotopic (exact) mass is 370 g/mol. The normalized spacial score (nSPS) is 20.5. The molecule has 2 aliphatic rings. The number of carbonyl (C=O) groups excluding carboxylic acids is 1. The Morgan fingerprint density at radius 3 is 2.74 bits per heavy atom. The van der Waals surface area contributed by atoms with Crippen LogP contribution in [0.15, 0.2) is 24.3 Å². The van der Waals surface area contributed by atoms with E-state index in [1.54, 1.807) is 0 Å². The molecule has 0 N–H and O–H groups in total. The van der Waals surface area contributed by atoms with Gasteiger partial charge in [-0.05, 0) is 42.3 Å². The molecule has 1 saturated heterocycles. The molecule has 0 radical (unpaired) electrons. The van der Waals surface area contributed by atoms with Crippen LogP contribution in [0.2, 0.25) is 0 Å². The van der Waals surface area contributed by atoms with E-state index in [2.05, 4.69) is 20.4 Å². The van der Waals surface area contributed by atoms with Crippen molar-refractivity contribution in [3.8, 4) is 0 Å². The number of tetrazole rings is 1. The first-order chi connectivity index (χ1) is 13.2. The van der Waals surface area contributed by atoms with E-state index < -0.39 is 0 Å². The minimum Gasteiger partial charge on any atom is -0.379 e. The van der Waals surface area contributed by atoms with Crippen LogP contribution in [0.3, 0.4) is 0 Å². The van der Waals surface area contributed by atoms with Gasteiger partial charge >= 0.3 is 0 Å². The third-order valence-electron chi connectivity index (χ3n) is 5.29. The zero-order valence-electron chi connectivity index (χ0n) is 15.9. The van der Waals surface area contributed by atoms with Crippen LogP contribution >= 0.6 is 0 Å². The zero-order chi connectivity index (χ0) is 18.8. The summed E-state index contributed by atoms with van der Waals surface area (Å²) in [6.07, 6.45) is 0.916. The van der Waals surface area contributed by atoms with Crippen LogP contribution in [-0.4, -0.2) is 75.3 Å². The Balaban J connectivity index is 1.57. The fourth-order valence-corrected chi connectivity index (χ4v) is 3.92. The lowest BCUT2D eigenvalue weighted by molar-refractivity contribution is 0.0353. The van der Waals surface area contributed by atoms with Gasteiger partial charge in [-0.2, -0.15) is 0 Å². The number of carbonyl (C=O) groups is 1. The molecule has 8 nitrogen and oxygen atoms in total. The Hall–Kier alpha value is -2.32. The van der Waals surface area contributed by atoms with Gasteiger partial charge in [0.15, 0.2) is 5.82 Å². The maximum atomic E-state index is 13.1. The van der Waals surface area contributed by atoms with Gasteiger partial charge in [0.1, 0.15) is 6.04 Å². The lowest BCUT2D eigenvalue weighted by Crippen LogP contribution is -2.39. The van der Waals surface area contributed by atoms with Gasteiger partial charge in [-0.1, -0.05) is 18.2 Å². The summed E-state index contributed by atoms with van der Waals surface area (Å²) in [4.78, 5) is 17.4. The number of nitrogens with zero attached hydrogens (tertiary/aromatic N) is 6.